The maximum absolute atomic E-state index is 11.2. The maximum atomic E-state index is 11.2. The molecule has 16 heavy (non-hydrogen) atoms. The Morgan fingerprint density at radius 1 is 0.938 bits per heavy atom. The van der Waals surface area contributed by atoms with Crippen molar-refractivity contribution in [1.82, 2.24) is 10.1 Å². The first kappa shape index (κ1) is 10.7. The van der Waals surface area contributed by atoms with E-state index in [1.165, 1.54) is 0 Å². The number of carbonyl (C=O) groups is 3. The van der Waals surface area contributed by atoms with Crippen molar-refractivity contribution >= 4 is 18.0 Å². The summed E-state index contributed by atoms with van der Waals surface area (Å²) < 4.78 is 0. The minimum absolute atomic E-state index is 0.246. The Morgan fingerprint density at radius 3 is 1.69 bits per heavy atom. The van der Waals surface area contributed by atoms with Crippen LogP contribution in [-0.4, -0.2) is 41.2 Å². The van der Waals surface area contributed by atoms with Crippen LogP contribution >= 0.6 is 0 Å². The monoisotopic (exact) mass is 228 g/mol. The molecule has 2 saturated heterocycles. The molecular formula is C9H12N2O5. The van der Waals surface area contributed by atoms with Gasteiger partial charge in [-0.05, 0) is 12.8 Å². The second-order valence-electron chi connectivity index (χ2n) is 3.63. The summed E-state index contributed by atoms with van der Waals surface area (Å²) in [6, 6.07) is 0. The lowest BCUT2D eigenvalue weighted by Gasteiger charge is -2.17. The third kappa shape index (κ3) is 2.23. The molecule has 2 aliphatic rings. The number of amides is 2. The highest BCUT2D eigenvalue weighted by Gasteiger charge is 2.29. The highest BCUT2D eigenvalue weighted by molar-refractivity contribution is 5.80. The van der Waals surface area contributed by atoms with Crippen LogP contribution in [0.5, 0.6) is 0 Å². The first-order valence-electron chi connectivity index (χ1n) is 5.17. The third-order valence-corrected chi connectivity index (χ3v) is 2.43. The number of nitrogens with zero attached hydrogens (tertiary/aromatic N) is 2. The van der Waals surface area contributed by atoms with Crippen molar-refractivity contribution in [3.8, 4) is 0 Å². The Hall–Kier alpha value is -1.79. The lowest BCUT2D eigenvalue weighted by molar-refractivity contribution is -0.191. The van der Waals surface area contributed by atoms with Gasteiger partial charge in [0.05, 0.1) is 13.1 Å². The van der Waals surface area contributed by atoms with Gasteiger partial charge in [0.15, 0.2) is 0 Å². The van der Waals surface area contributed by atoms with Crippen molar-refractivity contribution in [3.63, 3.8) is 0 Å². The Labute approximate surface area is 91.8 Å². The second kappa shape index (κ2) is 4.38. The average molecular weight is 228 g/mol. The first-order chi connectivity index (χ1) is 7.66. The zero-order valence-corrected chi connectivity index (χ0v) is 8.68. The number of hydroxylamine groups is 4. The molecule has 0 atom stereocenters. The van der Waals surface area contributed by atoms with Crippen LogP contribution in [0.3, 0.4) is 0 Å². The summed E-state index contributed by atoms with van der Waals surface area (Å²) in [5.41, 5.74) is 0. The molecule has 0 aromatic carbocycles. The molecule has 2 heterocycles. The van der Waals surface area contributed by atoms with E-state index < -0.39 is 6.16 Å². The minimum atomic E-state index is -1.04. The van der Waals surface area contributed by atoms with Crippen LogP contribution in [-0.2, 0) is 19.3 Å². The molecule has 2 rings (SSSR count). The molecule has 0 unspecified atom stereocenters. The topological polar surface area (TPSA) is 76.2 Å². The predicted octanol–water partition coefficient (Wildman–Crippen LogP) is 0.214. The Kier molecular flexibility index (Phi) is 2.93. The summed E-state index contributed by atoms with van der Waals surface area (Å²) in [7, 11) is 0. The summed E-state index contributed by atoms with van der Waals surface area (Å²) in [6.07, 6.45) is 1.03. The van der Waals surface area contributed by atoms with Crippen molar-refractivity contribution in [2.24, 2.45) is 0 Å². The zero-order chi connectivity index (χ0) is 11.5. The van der Waals surface area contributed by atoms with Gasteiger partial charge < -0.3 is 9.68 Å². The molecule has 88 valence electrons. The highest BCUT2D eigenvalue weighted by Crippen LogP contribution is 2.13. The fourth-order valence-electron chi connectivity index (χ4n) is 1.64. The number of rotatable bonds is 2. The fourth-order valence-corrected chi connectivity index (χ4v) is 1.64. The number of hydrogen-bond acceptors (Lipinski definition) is 5. The van der Waals surface area contributed by atoms with Gasteiger partial charge in [-0.2, -0.15) is 14.9 Å². The fraction of sp³-hybridized carbons (Fsp3) is 0.667. The molecule has 7 nitrogen and oxygen atoms in total. The molecule has 0 N–H and O–H groups in total. The van der Waals surface area contributed by atoms with E-state index in [-0.39, 0.29) is 11.8 Å². The molecule has 0 saturated carbocycles. The highest BCUT2D eigenvalue weighted by atomic mass is 16.9. The maximum Gasteiger partial charge on any atom is 0.559 e. The summed E-state index contributed by atoms with van der Waals surface area (Å²) in [5.74, 6) is -0.491. The predicted molar refractivity (Wildman–Crippen MR) is 49.5 cm³/mol. The molecule has 7 heteroatoms. The van der Waals surface area contributed by atoms with Crippen molar-refractivity contribution in [2.75, 3.05) is 13.1 Å². The van der Waals surface area contributed by atoms with Crippen LogP contribution in [0.25, 0.3) is 0 Å². The van der Waals surface area contributed by atoms with Crippen molar-refractivity contribution in [3.05, 3.63) is 0 Å². The normalized spacial score (nSPS) is 20.5. The van der Waals surface area contributed by atoms with Gasteiger partial charge in [-0.25, -0.2) is 0 Å². The average Bonchev–Trinajstić information content (AvgIpc) is 2.79. The van der Waals surface area contributed by atoms with Gasteiger partial charge in [0.1, 0.15) is 0 Å². The van der Waals surface area contributed by atoms with Crippen LogP contribution in [0.15, 0.2) is 0 Å². The van der Waals surface area contributed by atoms with E-state index in [4.69, 9.17) is 0 Å². The van der Waals surface area contributed by atoms with Crippen LogP contribution in [0.4, 0.5) is 4.79 Å². The van der Waals surface area contributed by atoms with Crippen LogP contribution < -0.4 is 0 Å². The Bertz CT molecular complexity index is 300. The third-order valence-electron chi connectivity index (χ3n) is 2.43. The van der Waals surface area contributed by atoms with Crippen molar-refractivity contribution in [2.45, 2.75) is 25.7 Å². The summed E-state index contributed by atoms with van der Waals surface area (Å²) in [6.45, 7) is 0.754. The van der Waals surface area contributed by atoms with Crippen molar-refractivity contribution in [1.29, 1.82) is 0 Å². The van der Waals surface area contributed by atoms with Gasteiger partial charge in [0.25, 0.3) is 11.8 Å². The molecule has 0 aromatic heterocycles. The van der Waals surface area contributed by atoms with Gasteiger partial charge >= 0.3 is 6.16 Å². The van der Waals surface area contributed by atoms with Gasteiger partial charge in [-0.15, -0.1) is 0 Å². The van der Waals surface area contributed by atoms with E-state index in [0.29, 0.717) is 38.8 Å². The van der Waals surface area contributed by atoms with E-state index >= 15 is 0 Å². The van der Waals surface area contributed by atoms with Crippen LogP contribution in [0.2, 0.25) is 0 Å². The second-order valence-corrected chi connectivity index (χ2v) is 3.63. The molecule has 0 radical (unpaired) electrons. The quantitative estimate of drug-likeness (QED) is 0.675. The molecule has 0 aromatic rings. The largest absolute Gasteiger partial charge is 0.559 e. The minimum Gasteiger partial charge on any atom is -0.301 e. The Morgan fingerprint density at radius 2 is 1.38 bits per heavy atom. The van der Waals surface area contributed by atoms with Crippen LogP contribution in [0, 0.1) is 0 Å². The summed E-state index contributed by atoms with van der Waals surface area (Å²) >= 11 is 0. The SMILES string of the molecule is O=C(ON1CCCC1=O)ON1CCCC1=O. The van der Waals surface area contributed by atoms with E-state index in [2.05, 4.69) is 9.68 Å². The van der Waals surface area contributed by atoms with Gasteiger partial charge in [0, 0.05) is 12.8 Å². The smallest absolute Gasteiger partial charge is 0.301 e. The molecule has 2 amide bonds. The molecule has 0 spiro atoms. The Balaban J connectivity index is 1.79. The molecular weight excluding hydrogens is 216 g/mol. The van der Waals surface area contributed by atoms with E-state index in [1.807, 2.05) is 0 Å². The molecule has 0 aliphatic carbocycles. The summed E-state index contributed by atoms with van der Waals surface area (Å²) in [5, 5.41) is 1.92. The van der Waals surface area contributed by atoms with Gasteiger partial charge in [0.2, 0.25) is 0 Å². The summed E-state index contributed by atoms with van der Waals surface area (Å²) in [4.78, 5) is 42.8. The van der Waals surface area contributed by atoms with Gasteiger partial charge in [-0.1, -0.05) is 0 Å². The van der Waals surface area contributed by atoms with E-state index in [1.54, 1.807) is 0 Å². The lowest BCUT2D eigenvalue weighted by Crippen LogP contribution is -2.34. The molecule has 0 bridgehead atoms. The number of hydrogen-bond donors (Lipinski definition) is 0. The van der Waals surface area contributed by atoms with E-state index in [0.717, 1.165) is 10.1 Å². The lowest BCUT2D eigenvalue weighted by atomic mass is 10.4. The number of carbonyl (C=O) groups excluding carboxylic acids is 3. The zero-order valence-electron chi connectivity index (χ0n) is 8.68. The van der Waals surface area contributed by atoms with Crippen LogP contribution in [0.1, 0.15) is 25.7 Å². The van der Waals surface area contributed by atoms with E-state index in [9.17, 15) is 14.4 Å². The van der Waals surface area contributed by atoms with Crippen molar-refractivity contribution < 1.29 is 24.1 Å². The van der Waals surface area contributed by atoms with Gasteiger partial charge in [-0.3, -0.25) is 9.59 Å². The first-order valence-corrected chi connectivity index (χ1v) is 5.17. The standard InChI is InChI=1S/C9H12N2O5/c12-7-3-1-5-10(7)15-9(14)16-11-6-2-4-8(11)13/h1-6H2. The molecule has 2 aliphatic heterocycles. The molecule has 2 fully saturated rings.